The molecule has 2 aromatic rings. The number of nitrogens with one attached hydrogen (secondary N) is 2. The fourth-order valence-electron chi connectivity index (χ4n) is 1.85. The second-order valence-corrected chi connectivity index (χ2v) is 6.24. The zero-order chi connectivity index (χ0) is 15.4. The summed E-state index contributed by atoms with van der Waals surface area (Å²) in [6.07, 6.45) is 2.42. The molecule has 6 nitrogen and oxygen atoms in total. The first-order chi connectivity index (χ1) is 9.99. The number of aromatic nitrogens is 3. The highest BCUT2D eigenvalue weighted by atomic mass is 32.1. The molecular formula is C14H19N5OS. The van der Waals surface area contributed by atoms with E-state index in [1.165, 1.54) is 11.3 Å². The summed E-state index contributed by atoms with van der Waals surface area (Å²) in [5, 5.41) is 15.3. The van der Waals surface area contributed by atoms with E-state index in [4.69, 9.17) is 0 Å². The van der Waals surface area contributed by atoms with Gasteiger partial charge >= 0.3 is 0 Å². The maximum absolute atomic E-state index is 12.3. The van der Waals surface area contributed by atoms with Gasteiger partial charge in [-0.3, -0.25) is 15.1 Å². The van der Waals surface area contributed by atoms with E-state index in [-0.39, 0.29) is 5.91 Å². The third kappa shape index (κ3) is 3.98. The first-order valence-electron chi connectivity index (χ1n) is 6.77. The molecule has 0 aromatic carbocycles. The van der Waals surface area contributed by atoms with Gasteiger partial charge in [-0.05, 0) is 18.9 Å². The first-order valence-corrected chi connectivity index (χ1v) is 7.59. The minimum atomic E-state index is -0.237. The average Bonchev–Trinajstić information content (AvgIpc) is 2.84. The Morgan fingerprint density at radius 3 is 2.81 bits per heavy atom. The van der Waals surface area contributed by atoms with Crippen LogP contribution in [0.4, 0.5) is 10.8 Å². The first kappa shape index (κ1) is 15.4. The van der Waals surface area contributed by atoms with Crippen molar-refractivity contribution < 1.29 is 4.79 Å². The average molecular weight is 305 g/mol. The molecule has 2 rings (SSSR count). The molecule has 2 heterocycles. The molecule has 0 aliphatic heterocycles. The van der Waals surface area contributed by atoms with E-state index in [1.807, 2.05) is 13.0 Å². The Hall–Kier alpha value is -2.02. The van der Waals surface area contributed by atoms with Crippen LogP contribution in [0.25, 0.3) is 0 Å². The van der Waals surface area contributed by atoms with Crippen LogP contribution in [0.3, 0.4) is 0 Å². The monoisotopic (exact) mass is 305 g/mol. The second kappa shape index (κ2) is 6.62. The lowest BCUT2D eigenvalue weighted by Gasteiger charge is -2.08. The SMILES string of the molecule is CNc1cc(C)ncc1C(=O)Nc1nnc(CC(C)C)s1. The minimum Gasteiger partial charge on any atom is -0.387 e. The molecule has 112 valence electrons. The number of rotatable bonds is 5. The third-order valence-electron chi connectivity index (χ3n) is 2.82. The van der Waals surface area contributed by atoms with Crippen molar-refractivity contribution in [1.82, 2.24) is 15.2 Å². The molecule has 7 heteroatoms. The van der Waals surface area contributed by atoms with Crippen molar-refractivity contribution in [1.29, 1.82) is 0 Å². The fourth-order valence-corrected chi connectivity index (χ4v) is 2.79. The highest BCUT2D eigenvalue weighted by Gasteiger charge is 2.14. The van der Waals surface area contributed by atoms with Gasteiger partial charge < -0.3 is 5.32 Å². The van der Waals surface area contributed by atoms with Crippen molar-refractivity contribution in [2.24, 2.45) is 5.92 Å². The molecular weight excluding hydrogens is 286 g/mol. The molecule has 1 amide bonds. The molecule has 0 bridgehead atoms. The lowest BCUT2D eigenvalue weighted by atomic mass is 10.1. The van der Waals surface area contributed by atoms with Gasteiger partial charge in [0.15, 0.2) is 0 Å². The Kier molecular flexibility index (Phi) is 4.85. The molecule has 0 atom stereocenters. The summed E-state index contributed by atoms with van der Waals surface area (Å²) in [4.78, 5) is 16.4. The van der Waals surface area contributed by atoms with E-state index in [0.717, 1.165) is 22.8 Å². The lowest BCUT2D eigenvalue weighted by Crippen LogP contribution is -2.14. The Morgan fingerprint density at radius 1 is 1.38 bits per heavy atom. The molecule has 2 N–H and O–H groups in total. The van der Waals surface area contributed by atoms with Crippen LogP contribution in [0, 0.1) is 12.8 Å². The van der Waals surface area contributed by atoms with Gasteiger partial charge in [0.05, 0.1) is 11.3 Å². The van der Waals surface area contributed by atoms with Gasteiger partial charge in [0.25, 0.3) is 5.91 Å². The van der Waals surface area contributed by atoms with Gasteiger partial charge in [-0.2, -0.15) is 0 Å². The van der Waals surface area contributed by atoms with Crippen molar-refractivity contribution in [3.63, 3.8) is 0 Å². The molecule has 0 aliphatic carbocycles. The maximum Gasteiger partial charge on any atom is 0.261 e. The normalized spacial score (nSPS) is 10.7. The molecule has 0 aliphatic rings. The number of carbonyl (C=O) groups is 1. The minimum absolute atomic E-state index is 0.237. The topological polar surface area (TPSA) is 79.8 Å². The second-order valence-electron chi connectivity index (χ2n) is 5.17. The van der Waals surface area contributed by atoms with Crippen LogP contribution < -0.4 is 10.6 Å². The van der Waals surface area contributed by atoms with E-state index in [2.05, 4.69) is 39.7 Å². The molecule has 21 heavy (non-hydrogen) atoms. The molecule has 0 spiro atoms. The van der Waals surface area contributed by atoms with Crippen LogP contribution in [-0.2, 0) is 6.42 Å². The van der Waals surface area contributed by atoms with E-state index in [1.54, 1.807) is 13.2 Å². The van der Waals surface area contributed by atoms with Gasteiger partial charge in [-0.25, -0.2) is 0 Å². The van der Waals surface area contributed by atoms with Crippen molar-refractivity contribution in [2.75, 3.05) is 17.7 Å². The highest BCUT2D eigenvalue weighted by molar-refractivity contribution is 7.15. The van der Waals surface area contributed by atoms with Crippen molar-refractivity contribution in [2.45, 2.75) is 27.2 Å². The summed E-state index contributed by atoms with van der Waals surface area (Å²) < 4.78 is 0. The van der Waals surface area contributed by atoms with Crippen molar-refractivity contribution in [3.8, 4) is 0 Å². The van der Waals surface area contributed by atoms with Crippen LogP contribution in [0.2, 0.25) is 0 Å². The Bertz CT molecular complexity index is 638. The number of carbonyl (C=O) groups excluding carboxylic acids is 1. The quantitative estimate of drug-likeness (QED) is 0.888. The Morgan fingerprint density at radius 2 is 2.14 bits per heavy atom. The summed E-state index contributed by atoms with van der Waals surface area (Å²) in [5.74, 6) is 0.276. The molecule has 0 fully saturated rings. The number of anilines is 2. The summed E-state index contributed by atoms with van der Waals surface area (Å²) in [6.45, 7) is 6.12. The van der Waals surface area contributed by atoms with Gasteiger partial charge in [0.2, 0.25) is 5.13 Å². The third-order valence-corrected chi connectivity index (χ3v) is 3.69. The van der Waals surface area contributed by atoms with Crippen LogP contribution in [0.1, 0.15) is 34.9 Å². The number of amides is 1. The van der Waals surface area contributed by atoms with Crippen molar-refractivity contribution >= 4 is 28.1 Å². The van der Waals surface area contributed by atoms with E-state index < -0.39 is 0 Å². The molecule has 0 unspecified atom stereocenters. The van der Waals surface area contributed by atoms with Crippen LogP contribution in [0.15, 0.2) is 12.3 Å². The Labute approximate surface area is 128 Å². The summed E-state index contributed by atoms with van der Waals surface area (Å²) in [5.41, 5.74) is 2.08. The standard InChI is InChI=1S/C14H19N5OS/c1-8(2)5-12-18-19-14(21-12)17-13(20)10-7-16-9(3)6-11(10)15-4/h6-8H,5H2,1-4H3,(H,15,16)(H,17,19,20). The van der Waals surface area contributed by atoms with Gasteiger partial charge in [0.1, 0.15) is 5.01 Å². The van der Waals surface area contributed by atoms with Crippen molar-refractivity contribution in [3.05, 3.63) is 28.5 Å². The summed E-state index contributed by atoms with van der Waals surface area (Å²) in [7, 11) is 1.78. The molecule has 0 radical (unpaired) electrons. The van der Waals surface area contributed by atoms with E-state index in [0.29, 0.717) is 16.6 Å². The Balaban J connectivity index is 2.12. The zero-order valence-corrected chi connectivity index (χ0v) is 13.4. The number of hydrogen-bond acceptors (Lipinski definition) is 6. The fraction of sp³-hybridized carbons (Fsp3) is 0.429. The predicted molar refractivity (Wildman–Crippen MR) is 84.9 cm³/mol. The number of nitrogens with zero attached hydrogens (tertiary/aromatic N) is 3. The molecule has 2 aromatic heterocycles. The summed E-state index contributed by atoms with van der Waals surface area (Å²) in [6, 6.07) is 1.83. The number of pyridine rings is 1. The smallest absolute Gasteiger partial charge is 0.261 e. The summed E-state index contributed by atoms with van der Waals surface area (Å²) >= 11 is 1.41. The highest BCUT2D eigenvalue weighted by Crippen LogP contribution is 2.21. The molecule has 0 saturated carbocycles. The zero-order valence-electron chi connectivity index (χ0n) is 12.6. The van der Waals surface area contributed by atoms with Gasteiger partial charge in [0, 0.05) is 25.4 Å². The van der Waals surface area contributed by atoms with Crippen LogP contribution in [-0.4, -0.2) is 28.1 Å². The largest absolute Gasteiger partial charge is 0.387 e. The maximum atomic E-state index is 12.3. The van der Waals surface area contributed by atoms with Gasteiger partial charge in [-0.15, -0.1) is 10.2 Å². The van der Waals surface area contributed by atoms with Gasteiger partial charge in [-0.1, -0.05) is 25.2 Å². The molecule has 0 saturated heterocycles. The number of aryl methyl sites for hydroxylation is 1. The lowest BCUT2D eigenvalue weighted by molar-refractivity contribution is 0.102. The number of hydrogen-bond donors (Lipinski definition) is 2. The van der Waals surface area contributed by atoms with E-state index in [9.17, 15) is 4.79 Å². The van der Waals surface area contributed by atoms with Crippen LogP contribution in [0.5, 0.6) is 0 Å². The predicted octanol–water partition coefficient (Wildman–Crippen LogP) is 2.73. The van der Waals surface area contributed by atoms with E-state index >= 15 is 0 Å². The van der Waals surface area contributed by atoms with Crippen LogP contribution >= 0.6 is 11.3 Å².